The van der Waals surface area contributed by atoms with Gasteiger partial charge in [0.2, 0.25) is 0 Å². The monoisotopic (exact) mass is 276 g/mol. The maximum atomic E-state index is 13.2. The van der Waals surface area contributed by atoms with E-state index in [0.717, 1.165) is 36.4 Å². The Morgan fingerprint density at radius 2 is 2.37 bits per heavy atom. The first-order chi connectivity index (χ1) is 9.26. The predicted octanol–water partition coefficient (Wildman–Crippen LogP) is 3.62. The van der Waals surface area contributed by atoms with E-state index >= 15 is 0 Å². The topological polar surface area (TPSA) is 24.9 Å². The zero-order valence-corrected chi connectivity index (χ0v) is 11.8. The third kappa shape index (κ3) is 2.69. The summed E-state index contributed by atoms with van der Waals surface area (Å²) in [6, 6.07) is 5.46. The number of nitrogens with one attached hydrogen (secondary N) is 1. The van der Waals surface area contributed by atoms with Crippen LogP contribution in [0.25, 0.3) is 0 Å². The number of hydrogen-bond acceptors (Lipinski definition) is 3. The number of rotatable bonds is 4. The first-order valence-corrected chi connectivity index (χ1v) is 7.53. The molecule has 4 heteroatoms. The Hall–Kier alpha value is -1.26. The van der Waals surface area contributed by atoms with E-state index in [1.807, 2.05) is 12.3 Å². The van der Waals surface area contributed by atoms with Gasteiger partial charge in [0.25, 0.3) is 0 Å². The van der Waals surface area contributed by atoms with Crippen LogP contribution in [0.5, 0.6) is 0 Å². The highest BCUT2D eigenvalue weighted by Crippen LogP contribution is 2.31. The minimum atomic E-state index is -0.132. The first kappa shape index (κ1) is 12.8. The third-order valence-corrected chi connectivity index (χ3v) is 4.77. The molecular weight excluding hydrogens is 259 g/mol. The van der Waals surface area contributed by atoms with Crippen molar-refractivity contribution in [2.24, 2.45) is 0 Å². The van der Waals surface area contributed by atoms with Crippen LogP contribution >= 0.6 is 11.3 Å². The smallest absolute Gasteiger partial charge is 0.123 e. The average Bonchev–Trinajstić information content (AvgIpc) is 3.02. The van der Waals surface area contributed by atoms with E-state index in [1.165, 1.54) is 10.4 Å². The Morgan fingerprint density at radius 1 is 1.47 bits per heavy atom. The van der Waals surface area contributed by atoms with E-state index in [1.54, 1.807) is 23.5 Å². The Bertz CT molecular complexity index is 579. The molecule has 1 aliphatic rings. The molecule has 100 valence electrons. The number of thiazole rings is 1. The van der Waals surface area contributed by atoms with Crippen LogP contribution < -0.4 is 5.32 Å². The Balaban J connectivity index is 1.66. The summed E-state index contributed by atoms with van der Waals surface area (Å²) >= 11 is 1.77. The van der Waals surface area contributed by atoms with Crippen molar-refractivity contribution in [3.63, 3.8) is 0 Å². The summed E-state index contributed by atoms with van der Waals surface area (Å²) in [7, 11) is 0. The zero-order valence-electron chi connectivity index (χ0n) is 10.9. The van der Waals surface area contributed by atoms with Crippen molar-refractivity contribution in [2.45, 2.75) is 38.8 Å². The average molecular weight is 276 g/mol. The molecular formula is C15H17FN2S. The molecule has 2 aromatic rings. The van der Waals surface area contributed by atoms with Crippen molar-refractivity contribution in [1.82, 2.24) is 10.3 Å². The Morgan fingerprint density at radius 3 is 3.16 bits per heavy atom. The lowest BCUT2D eigenvalue weighted by Crippen LogP contribution is -2.18. The number of halogens is 1. The van der Waals surface area contributed by atoms with Gasteiger partial charge < -0.3 is 5.32 Å². The number of nitrogens with zero attached hydrogens (tertiary/aromatic N) is 1. The second-order valence-electron chi connectivity index (χ2n) is 4.89. The maximum Gasteiger partial charge on any atom is 0.123 e. The van der Waals surface area contributed by atoms with Gasteiger partial charge in [0.1, 0.15) is 10.8 Å². The molecule has 3 rings (SSSR count). The van der Waals surface area contributed by atoms with Crippen LogP contribution in [0.4, 0.5) is 4.39 Å². The molecule has 0 bridgehead atoms. The molecule has 1 heterocycles. The number of hydrogen-bond donors (Lipinski definition) is 1. The molecule has 0 radical (unpaired) electrons. The third-order valence-electron chi connectivity index (χ3n) is 3.63. The summed E-state index contributed by atoms with van der Waals surface area (Å²) in [6.45, 7) is 2.94. The second-order valence-corrected chi connectivity index (χ2v) is 6.09. The van der Waals surface area contributed by atoms with Crippen molar-refractivity contribution < 1.29 is 4.39 Å². The molecule has 19 heavy (non-hydrogen) atoms. The second kappa shape index (κ2) is 5.39. The minimum Gasteiger partial charge on any atom is -0.304 e. The molecule has 0 saturated heterocycles. The summed E-state index contributed by atoms with van der Waals surface area (Å²) in [5, 5.41) is 4.67. The molecule has 1 atom stereocenters. The quantitative estimate of drug-likeness (QED) is 0.922. The molecule has 0 amide bonds. The van der Waals surface area contributed by atoms with Gasteiger partial charge in [-0.3, -0.25) is 0 Å². The largest absolute Gasteiger partial charge is 0.304 e. The van der Waals surface area contributed by atoms with Crippen LogP contribution in [0.15, 0.2) is 24.4 Å². The normalized spacial score (nSPS) is 17.7. The SMILES string of the molecule is CCc1cnc(CNC2CCc3cc(F)ccc32)s1. The van der Waals surface area contributed by atoms with Gasteiger partial charge in [-0.1, -0.05) is 13.0 Å². The predicted molar refractivity (Wildman–Crippen MR) is 75.8 cm³/mol. The maximum absolute atomic E-state index is 13.2. The lowest BCUT2D eigenvalue weighted by atomic mass is 10.1. The van der Waals surface area contributed by atoms with Crippen LogP contribution in [0.3, 0.4) is 0 Å². The molecule has 1 N–H and O–H groups in total. The van der Waals surface area contributed by atoms with Crippen molar-refractivity contribution in [3.05, 3.63) is 51.2 Å². The zero-order chi connectivity index (χ0) is 13.2. The molecule has 2 nitrogen and oxygen atoms in total. The van der Waals surface area contributed by atoms with Gasteiger partial charge in [0.15, 0.2) is 0 Å². The van der Waals surface area contributed by atoms with Gasteiger partial charge >= 0.3 is 0 Å². The van der Waals surface area contributed by atoms with E-state index < -0.39 is 0 Å². The van der Waals surface area contributed by atoms with Crippen molar-refractivity contribution >= 4 is 11.3 Å². The van der Waals surface area contributed by atoms with E-state index in [4.69, 9.17) is 0 Å². The highest BCUT2D eigenvalue weighted by molar-refractivity contribution is 7.11. The standard InChI is InChI=1S/C15H17FN2S/c1-2-12-8-18-15(19-12)9-17-14-6-3-10-7-11(16)4-5-13(10)14/h4-5,7-8,14,17H,2-3,6,9H2,1H3. The van der Waals surface area contributed by atoms with Gasteiger partial charge in [0.05, 0.1) is 0 Å². The summed E-state index contributed by atoms with van der Waals surface area (Å²) < 4.78 is 13.2. The first-order valence-electron chi connectivity index (χ1n) is 6.71. The van der Waals surface area contributed by atoms with E-state index in [9.17, 15) is 4.39 Å². The molecule has 0 saturated carbocycles. The van der Waals surface area contributed by atoms with Crippen molar-refractivity contribution in [1.29, 1.82) is 0 Å². The van der Waals surface area contributed by atoms with E-state index in [0.29, 0.717) is 6.04 Å². The van der Waals surface area contributed by atoms with Crippen molar-refractivity contribution in [3.8, 4) is 0 Å². The fourth-order valence-corrected chi connectivity index (χ4v) is 3.42. The lowest BCUT2D eigenvalue weighted by molar-refractivity contribution is 0.529. The molecule has 0 fully saturated rings. The molecule has 0 aliphatic heterocycles. The molecule has 1 aromatic heterocycles. The van der Waals surface area contributed by atoms with Crippen LogP contribution in [0.2, 0.25) is 0 Å². The number of benzene rings is 1. The van der Waals surface area contributed by atoms with Gasteiger partial charge in [-0.25, -0.2) is 9.37 Å². The van der Waals surface area contributed by atoms with Crippen LogP contribution in [0, 0.1) is 5.82 Å². The molecule has 1 aliphatic carbocycles. The van der Waals surface area contributed by atoms with Gasteiger partial charge in [0, 0.05) is 23.7 Å². The Labute approximate surface area is 116 Å². The highest BCUT2D eigenvalue weighted by Gasteiger charge is 2.22. The Kier molecular flexibility index (Phi) is 3.62. The van der Waals surface area contributed by atoms with Crippen LogP contribution in [0.1, 0.15) is 40.4 Å². The fourth-order valence-electron chi connectivity index (χ4n) is 2.60. The van der Waals surface area contributed by atoms with Crippen LogP contribution in [-0.4, -0.2) is 4.98 Å². The number of fused-ring (bicyclic) bond motifs is 1. The number of aromatic nitrogens is 1. The van der Waals surface area contributed by atoms with Gasteiger partial charge in [-0.05, 0) is 42.5 Å². The highest BCUT2D eigenvalue weighted by atomic mass is 32.1. The van der Waals surface area contributed by atoms with Crippen molar-refractivity contribution in [2.75, 3.05) is 0 Å². The van der Waals surface area contributed by atoms with Gasteiger partial charge in [-0.2, -0.15) is 0 Å². The van der Waals surface area contributed by atoms with E-state index in [-0.39, 0.29) is 5.82 Å². The summed E-state index contributed by atoms with van der Waals surface area (Å²) in [6.07, 6.45) is 5.01. The van der Waals surface area contributed by atoms with Crippen LogP contribution in [-0.2, 0) is 19.4 Å². The molecule has 0 spiro atoms. The molecule has 1 unspecified atom stereocenters. The van der Waals surface area contributed by atoms with E-state index in [2.05, 4.69) is 17.2 Å². The summed E-state index contributed by atoms with van der Waals surface area (Å²) in [4.78, 5) is 5.74. The van der Waals surface area contributed by atoms with Gasteiger partial charge in [-0.15, -0.1) is 11.3 Å². The minimum absolute atomic E-state index is 0.132. The number of aryl methyl sites for hydroxylation is 2. The molecule has 1 aromatic carbocycles. The summed E-state index contributed by atoms with van der Waals surface area (Å²) in [5.41, 5.74) is 2.39. The summed E-state index contributed by atoms with van der Waals surface area (Å²) in [5.74, 6) is -0.132. The fraction of sp³-hybridized carbons (Fsp3) is 0.400. The lowest BCUT2D eigenvalue weighted by Gasteiger charge is -2.12.